The van der Waals surface area contributed by atoms with Crippen LogP contribution in [0.3, 0.4) is 0 Å². The first-order valence-electron chi connectivity index (χ1n) is 11.8. The van der Waals surface area contributed by atoms with Crippen LogP contribution in [-0.2, 0) is 4.57 Å². The number of carbonyl (C=O) groups excluding carboxylic acids is 1. The molecule has 2 aromatic carbocycles. The summed E-state index contributed by atoms with van der Waals surface area (Å²) in [7, 11) is 3.13. The zero-order valence-electron chi connectivity index (χ0n) is 19.8. The first kappa shape index (κ1) is 26.1. The van der Waals surface area contributed by atoms with Gasteiger partial charge in [0.1, 0.15) is 17.1 Å². The molecule has 0 radical (unpaired) electrons. The van der Waals surface area contributed by atoms with Crippen molar-refractivity contribution in [1.29, 1.82) is 0 Å². The lowest BCUT2D eigenvalue weighted by Gasteiger charge is -2.17. The quantitative estimate of drug-likeness (QED) is 0.145. The Morgan fingerprint density at radius 1 is 0.812 bits per heavy atom. The van der Waals surface area contributed by atoms with Crippen LogP contribution in [0.5, 0.6) is 11.5 Å². The summed E-state index contributed by atoms with van der Waals surface area (Å²) in [4.78, 5) is 13.5. The van der Waals surface area contributed by atoms with Crippen molar-refractivity contribution in [2.45, 2.75) is 76.8 Å². The molecule has 0 aliphatic heterocycles. The van der Waals surface area contributed by atoms with Crippen molar-refractivity contribution in [2.24, 2.45) is 0 Å². The van der Waals surface area contributed by atoms with Crippen LogP contribution >= 0.6 is 8.46 Å². The van der Waals surface area contributed by atoms with E-state index in [-0.39, 0.29) is 19.9 Å². The van der Waals surface area contributed by atoms with Crippen molar-refractivity contribution < 1.29 is 18.8 Å². The van der Waals surface area contributed by atoms with E-state index in [4.69, 9.17) is 9.47 Å². The van der Waals surface area contributed by atoms with E-state index in [1.54, 1.807) is 38.5 Å². The number of carbonyl (C=O) groups is 1. The average Bonchev–Trinajstić information content (AvgIpc) is 2.84. The predicted octanol–water partition coefficient (Wildman–Crippen LogP) is 8.19. The summed E-state index contributed by atoms with van der Waals surface area (Å²) in [6, 6.07) is 12.8. The van der Waals surface area contributed by atoms with Crippen LogP contribution in [0.25, 0.3) is 0 Å². The number of unbranched alkanes of at least 4 members (excludes halogenated alkanes) is 8. The van der Waals surface area contributed by atoms with Crippen LogP contribution in [0, 0.1) is 0 Å². The summed E-state index contributed by atoms with van der Waals surface area (Å²) < 4.78 is 22.9. The minimum atomic E-state index is -0.194. The molecule has 0 bridgehead atoms. The number of hydrogen-bond acceptors (Lipinski definition) is 4. The van der Waals surface area contributed by atoms with Gasteiger partial charge in [0.15, 0.2) is 8.46 Å². The van der Waals surface area contributed by atoms with Crippen molar-refractivity contribution in [3.8, 4) is 11.5 Å². The van der Waals surface area contributed by atoms with E-state index < -0.39 is 0 Å². The Bertz CT molecular complexity index is 827. The molecule has 32 heavy (non-hydrogen) atoms. The minimum Gasteiger partial charge on any atom is -0.496 e. The van der Waals surface area contributed by atoms with Gasteiger partial charge in [-0.3, -0.25) is 9.36 Å². The van der Waals surface area contributed by atoms with E-state index in [9.17, 15) is 9.36 Å². The third kappa shape index (κ3) is 7.45. The average molecular weight is 457 g/mol. The maximum absolute atomic E-state index is 13.5. The van der Waals surface area contributed by atoms with E-state index in [2.05, 4.69) is 6.92 Å². The van der Waals surface area contributed by atoms with Gasteiger partial charge in [0.05, 0.1) is 19.9 Å². The predicted molar refractivity (Wildman–Crippen MR) is 132 cm³/mol. The fourth-order valence-corrected chi connectivity index (χ4v) is 4.74. The number of benzene rings is 2. The molecule has 2 aromatic rings. The van der Waals surface area contributed by atoms with E-state index >= 15 is 0 Å². The van der Waals surface area contributed by atoms with Crippen LogP contribution < -0.4 is 9.47 Å². The number of hydrogen-bond donors (Lipinski definition) is 0. The lowest BCUT2D eigenvalue weighted by molar-refractivity contribution is 0.103. The molecule has 0 N–H and O–H groups in total. The number of rotatable bonds is 16. The Morgan fingerprint density at radius 2 is 1.38 bits per heavy atom. The van der Waals surface area contributed by atoms with Gasteiger partial charge in [-0.25, -0.2) is 0 Å². The summed E-state index contributed by atoms with van der Waals surface area (Å²) in [6.07, 6.45) is 12.0. The number of ether oxygens (including phenoxy) is 2. The SMILES string of the molecule is CCCCCCCCCCCC(P=O)c1ccccc1C(=O)c1c(OC)cccc1OC. The molecule has 2 rings (SSSR count). The molecule has 0 saturated heterocycles. The Kier molecular flexibility index (Phi) is 12.0. The van der Waals surface area contributed by atoms with Crippen molar-refractivity contribution in [1.82, 2.24) is 0 Å². The van der Waals surface area contributed by atoms with Gasteiger partial charge >= 0.3 is 0 Å². The smallest absolute Gasteiger partial charge is 0.200 e. The van der Waals surface area contributed by atoms with E-state index in [1.165, 1.54) is 44.9 Å². The molecule has 0 saturated carbocycles. The van der Waals surface area contributed by atoms with Crippen LogP contribution in [0.15, 0.2) is 42.5 Å². The van der Waals surface area contributed by atoms with Gasteiger partial charge in [-0.2, -0.15) is 0 Å². The first-order valence-corrected chi connectivity index (χ1v) is 12.7. The molecule has 1 unspecified atom stereocenters. The third-order valence-corrected chi connectivity index (χ3v) is 6.72. The maximum atomic E-state index is 13.5. The molecular weight excluding hydrogens is 419 g/mol. The van der Waals surface area contributed by atoms with Crippen LogP contribution in [0.4, 0.5) is 0 Å². The molecule has 4 nitrogen and oxygen atoms in total. The van der Waals surface area contributed by atoms with Gasteiger partial charge in [0.2, 0.25) is 5.78 Å². The van der Waals surface area contributed by atoms with Crippen molar-refractivity contribution >= 4 is 14.2 Å². The second-order valence-electron chi connectivity index (χ2n) is 8.19. The van der Waals surface area contributed by atoms with E-state index in [1.807, 2.05) is 18.2 Å². The molecule has 0 amide bonds. The van der Waals surface area contributed by atoms with E-state index in [0.29, 0.717) is 22.6 Å². The first-order chi connectivity index (χ1) is 15.7. The molecule has 0 fully saturated rings. The highest BCUT2D eigenvalue weighted by Crippen LogP contribution is 2.38. The van der Waals surface area contributed by atoms with Crippen molar-refractivity contribution in [3.63, 3.8) is 0 Å². The summed E-state index contributed by atoms with van der Waals surface area (Å²) in [6.45, 7) is 2.24. The number of ketones is 1. The summed E-state index contributed by atoms with van der Waals surface area (Å²) >= 11 is 0. The number of methoxy groups -OCH3 is 2. The normalized spacial score (nSPS) is 12.0. The van der Waals surface area contributed by atoms with Gasteiger partial charge in [-0.1, -0.05) is 95.0 Å². The molecule has 174 valence electrons. The largest absolute Gasteiger partial charge is 0.496 e. The highest BCUT2D eigenvalue weighted by molar-refractivity contribution is 7.24. The second-order valence-corrected chi connectivity index (χ2v) is 9.03. The van der Waals surface area contributed by atoms with Gasteiger partial charge in [0, 0.05) is 5.56 Å². The highest BCUT2D eigenvalue weighted by Gasteiger charge is 2.25. The zero-order chi connectivity index (χ0) is 23.2. The molecule has 0 aromatic heterocycles. The lowest BCUT2D eigenvalue weighted by Crippen LogP contribution is -2.10. The fourth-order valence-electron chi connectivity index (χ4n) is 4.12. The Balaban J connectivity index is 2.05. The Morgan fingerprint density at radius 3 is 1.94 bits per heavy atom. The van der Waals surface area contributed by atoms with Crippen LogP contribution in [-0.4, -0.2) is 20.0 Å². The Labute approximate surface area is 194 Å². The minimum absolute atomic E-state index is 0.0489. The van der Waals surface area contributed by atoms with Crippen molar-refractivity contribution in [3.05, 3.63) is 59.2 Å². The fraction of sp³-hybridized carbons (Fsp3) is 0.519. The molecular formula is C27H37O4P. The monoisotopic (exact) mass is 456 g/mol. The summed E-state index contributed by atoms with van der Waals surface area (Å²) in [5, 5.41) is 0. The van der Waals surface area contributed by atoms with Crippen LogP contribution in [0.1, 0.15) is 98.3 Å². The molecule has 1 atom stereocenters. The van der Waals surface area contributed by atoms with Crippen LogP contribution in [0.2, 0.25) is 0 Å². The summed E-state index contributed by atoms with van der Waals surface area (Å²) in [5.74, 6) is 0.772. The lowest BCUT2D eigenvalue weighted by atomic mass is 9.93. The molecule has 0 aliphatic carbocycles. The summed E-state index contributed by atoms with van der Waals surface area (Å²) in [5.41, 5.74) is 1.58. The van der Waals surface area contributed by atoms with Gasteiger partial charge < -0.3 is 9.47 Å². The van der Waals surface area contributed by atoms with Gasteiger partial charge in [0.25, 0.3) is 0 Å². The zero-order valence-corrected chi connectivity index (χ0v) is 20.7. The van der Waals surface area contributed by atoms with E-state index in [0.717, 1.165) is 24.8 Å². The molecule has 0 heterocycles. The highest BCUT2D eigenvalue weighted by atomic mass is 31.1. The molecule has 0 aliphatic rings. The van der Waals surface area contributed by atoms with Gasteiger partial charge in [-0.05, 0) is 24.1 Å². The molecule has 0 spiro atoms. The van der Waals surface area contributed by atoms with Gasteiger partial charge in [-0.15, -0.1) is 0 Å². The second kappa shape index (κ2) is 14.8. The third-order valence-electron chi connectivity index (χ3n) is 5.93. The Hall–Kier alpha value is -2.19. The topological polar surface area (TPSA) is 52.6 Å². The molecule has 5 heteroatoms. The maximum Gasteiger partial charge on any atom is 0.200 e. The standard InChI is InChI=1S/C27H37O4P/c1-4-5-6-7-8-9-10-11-12-20-25(32-29)21-16-13-14-17-22(21)27(28)26-23(30-2)18-15-19-24(26)31-3/h13-19,25H,4-12,20H2,1-3H3. The van der Waals surface area contributed by atoms with Crippen molar-refractivity contribution in [2.75, 3.05) is 14.2 Å².